The van der Waals surface area contributed by atoms with Gasteiger partial charge in [-0.3, -0.25) is 4.90 Å². The van der Waals surface area contributed by atoms with Crippen LogP contribution >= 0.6 is 0 Å². The molecule has 1 N–H and O–H groups in total. The van der Waals surface area contributed by atoms with Gasteiger partial charge in [0.15, 0.2) is 0 Å². The number of nitrogens with zero attached hydrogens (tertiary/aromatic N) is 1. The average Bonchev–Trinajstić information content (AvgIpc) is 2.75. The topological polar surface area (TPSA) is 40.5 Å². The molecule has 0 unspecified atom stereocenters. The minimum absolute atomic E-state index is 0.707. The summed E-state index contributed by atoms with van der Waals surface area (Å²) in [6.07, 6.45) is 10.9. The van der Waals surface area contributed by atoms with Gasteiger partial charge in [-0.15, -0.1) is 0 Å². The highest BCUT2D eigenvalue weighted by Gasteiger charge is 2.16. The van der Waals surface area contributed by atoms with Crippen LogP contribution in [-0.2, 0) is 11.3 Å². The second-order valence-corrected chi connectivity index (χ2v) is 5.97. The molecule has 21 heavy (non-hydrogen) atoms. The van der Waals surface area contributed by atoms with E-state index in [2.05, 4.69) is 24.1 Å². The van der Waals surface area contributed by atoms with Gasteiger partial charge in [-0.1, -0.05) is 49.9 Å². The van der Waals surface area contributed by atoms with Gasteiger partial charge in [-0.05, 0) is 37.1 Å². The van der Waals surface area contributed by atoms with Crippen LogP contribution in [0.25, 0.3) is 6.08 Å². The van der Waals surface area contributed by atoms with Crippen LogP contribution in [0.1, 0.15) is 49.7 Å². The first kappa shape index (κ1) is 15.8. The van der Waals surface area contributed by atoms with Gasteiger partial charge in [0.2, 0.25) is 0 Å². The summed E-state index contributed by atoms with van der Waals surface area (Å²) in [5, 5.41) is 8.62. The fourth-order valence-electron chi connectivity index (χ4n) is 3.02. The Morgan fingerprint density at radius 1 is 1.19 bits per heavy atom. The quantitative estimate of drug-likeness (QED) is 0.658. The molecule has 0 aliphatic heterocycles. The van der Waals surface area contributed by atoms with Crippen molar-refractivity contribution < 1.29 is 9.90 Å². The molecule has 0 bridgehead atoms. The van der Waals surface area contributed by atoms with Crippen LogP contribution in [0.5, 0.6) is 0 Å². The molecule has 0 saturated heterocycles. The molecule has 1 aromatic rings. The molecule has 1 aliphatic rings. The SMILES string of the molecule is CN(Cc1ccc(C=CC(=O)O)cc1)C1CCCCCC1. The van der Waals surface area contributed by atoms with E-state index in [1.807, 2.05) is 12.1 Å². The van der Waals surface area contributed by atoms with Gasteiger partial charge in [0.05, 0.1) is 0 Å². The first-order valence-corrected chi connectivity index (χ1v) is 7.85. The van der Waals surface area contributed by atoms with Crippen molar-refractivity contribution in [3.05, 3.63) is 41.5 Å². The summed E-state index contributed by atoms with van der Waals surface area (Å²) in [4.78, 5) is 13.0. The molecule has 0 aromatic heterocycles. The monoisotopic (exact) mass is 287 g/mol. The Morgan fingerprint density at radius 3 is 2.38 bits per heavy atom. The van der Waals surface area contributed by atoms with Gasteiger partial charge in [0.25, 0.3) is 0 Å². The van der Waals surface area contributed by atoms with E-state index in [1.54, 1.807) is 6.08 Å². The van der Waals surface area contributed by atoms with Gasteiger partial charge in [0, 0.05) is 18.7 Å². The predicted octanol–water partition coefficient (Wildman–Crippen LogP) is 3.94. The lowest BCUT2D eigenvalue weighted by Gasteiger charge is -2.27. The molecule has 1 aromatic carbocycles. The van der Waals surface area contributed by atoms with Gasteiger partial charge in [0.1, 0.15) is 0 Å². The number of benzene rings is 1. The third-order valence-corrected chi connectivity index (χ3v) is 4.28. The average molecular weight is 287 g/mol. The lowest BCUT2D eigenvalue weighted by atomic mass is 10.1. The van der Waals surface area contributed by atoms with Crippen LogP contribution in [0, 0.1) is 0 Å². The fourth-order valence-corrected chi connectivity index (χ4v) is 3.02. The molecule has 0 atom stereocenters. The number of aliphatic carboxylic acids is 1. The van der Waals surface area contributed by atoms with E-state index < -0.39 is 5.97 Å². The molecule has 3 heteroatoms. The minimum atomic E-state index is -0.910. The van der Waals surface area contributed by atoms with Gasteiger partial charge >= 0.3 is 5.97 Å². The number of carboxylic acids is 1. The molecule has 1 saturated carbocycles. The maximum Gasteiger partial charge on any atom is 0.328 e. The van der Waals surface area contributed by atoms with Crippen LogP contribution in [0.3, 0.4) is 0 Å². The van der Waals surface area contributed by atoms with Crippen molar-refractivity contribution >= 4 is 12.0 Å². The molecule has 3 nitrogen and oxygen atoms in total. The van der Waals surface area contributed by atoms with Crippen LogP contribution < -0.4 is 0 Å². The number of hydrogen-bond acceptors (Lipinski definition) is 2. The summed E-state index contributed by atoms with van der Waals surface area (Å²) in [6, 6.07) is 8.86. The molecule has 2 rings (SSSR count). The van der Waals surface area contributed by atoms with Crippen molar-refractivity contribution in [1.82, 2.24) is 4.90 Å². The third kappa shape index (κ3) is 5.35. The summed E-state index contributed by atoms with van der Waals surface area (Å²) in [5.41, 5.74) is 2.22. The van der Waals surface area contributed by atoms with E-state index in [0.29, 0.717) is 6.04 Å². The smallest absolute Gasteiger partial charge is 0.328 e. The summed E-state index contributed by atoms with van der Waals surface area (Å²) in [7, 11) is 2.22. The Kier molecular flexibility index (Phi) is 6.00. The van der Waals surface area contributed by atoms with Gasteiger partial charge < -0.3 is 5.11 Å². The number of rotatable bonds is 5. The maximum atomic E-state index is 10.5. The predicted molar refractivity (Wildman–Crippen MR) is 86.1 cm³/mol. The van der Waals surface area contributed by atoms with Crippen molar-refractivity contribution in [2.24, 2.45) is 0 Å². The number of hydrogen-bond donors (Lipinski definition) is 1. The zero-order valence-electron chi connectivity index (χ0n) is 12.8. The second-order valence-electron chi connectivity index (χ2n) is 5.97. The van der Waals surface area contributed by atoms with E-state index in [1.165, 1.54) is 50.2 Å². The van der Waals surface area contributed by atoms with Crippen molar-refractivity contribution in [2.75, 3.05) is 7.05 Å². The first-order chi connectivity index (χ1) is 10.1. The van der Waals surface area contributed by atoms with Crippen LogP contribution in [0.15, 0.2) is 30.3 Å². The van der Waals surface area contributed by atoms with E-state index in [9.17, 15) is 4.79 Å². The summed E-state index contributed by atoms with van der Waals surface area (Å²) < 4.78 is 0. The van der Waals surface area contributed by atoms with Crippen LogP contribution in [0.4, 0.5) is 0 Å². The van der Waals surface area contributed by atoms with Crippen molar-refractivity contribution in [3.8, 4) is 0 Å². The Morgan fingerprint density at radius 2 is 1.81 bits per heavy atom. The maximum absolute atomic E-state index is 10.5. The molecular weight excluding hydrogens is 262 g/mol. The van der Waals surface area contributed by atoms with Crippen molar-refractivity contribution in [1.29, 1.82) is 0 Å². The Hall–Kier alpha value is -1.61. The van der Waals surface area contributed by atoms with Crippen molar-refractivity contribution in [3.63, 3.8) is 0 Å². The standard InChI is InChI=1S/C18H25NO2/c1-19(17-6-4-2-3-5-7-17)14-16-10-8-15(9-11-16)12-13-18(20)21/h8-13,17H,2-7,14H2,1H3,(H,20,21). The van der Waals surface area contributed by atoms with E-state index >= 15 is 0 Å². The highest BCUT2D eigenvalue weighted by molar-refractivity contribution is 5.85. The summed E-state index contributed by atoms with van der Waals surface area (Å²) in [6.45, 7) is 0.966. The van der Waals surface area contributed by atoms with E-state index in [0.717, 1.165) is 12.1 Å². The Labute approximate surface area is 127 Å². The highest BCUT2D eigenvalue weighted by atomic mass is 16.4. The van der Waals surface area contributed by atoms with E-state index in [-0.39, 0.29) is 0 Å². The minimum Gasteiger partial charge on any atom is -0.478 e. The fraction of sp³-hybridized carbons (Fsp3) is 0.500. The molecule has 0 heterocycles. The molecular formula is C18H25NO2. The zero-order valence-corrected chi connectivity index (χ0v) is 12.8. The van der Waals surface area contributed by atoms with Gasteiger partial charge in [-0.2, -0.15) is 0 Å². The Bertz CT molecular complexity index is 470. The lowest BCUT2D eigenvalue weighted by molar-refractivity contribution is -0.131. The largest absolute Gasteiger partial charge is 0.478 e. The Balaban J connectivity index is 1.91. The summed E-state index contributed by atoms with van der Waals surface area (Å²) in [5.74, 6) is -0.910. The summed E-state index contributed by atoms with van der Waals surface area (Å²) >= 11 is 0. The molecule has 0 spiro atoms. The molecule has 0 radical (unpaired) electrons. The van der Waals surface area contributed by atoms with Crippen LogP contribution in [0.2, 0.25) is 0 Å². The normalized spacial score (nSPS) is 17.2. The lowest BCUT2D eigenvalue weighted by Crippen LogP contribution is -2.30. The third-order valence-electron chi connectivity index (χ3n) is 4.28. The molecule has 1 fully saturated rings. The molecule has 0 amide bonds. The number of carbonyl (C=O) groups is 1. The second kappa shape index (κ2) is 7.99. The number of carboxylic acid groups (broad SMARTS) is 1. The van der Waals surface area contributed by atoms with E-state index in [4.69, 9.17) is 5.11 Å². The highest BCUT2D eigenvalue weighted by Crippen LogP contribution is 2.22. The van der Waals surface area contributed by atoms with Gasteiger partial charge in [-0.25, -0.2) is 4.79 Å². The van der Waals surface area contributed by atoms with Crippen LogP contribution in [-0.4, -0.2) is 29.1 Å². The zero-order chi connectivity index (χ0) is 15.1. The van der Waals surface area contributed by atoms with Crippen molar-refractivity contribution in [2.45, 2.75) is 51.1 Å². The first-order valence-electron chi connectivity index (χ1n) is 7.85. The molecule has 1 aliphatic carbocycles. The molecule has 114 valence electrons.